The van der Waals surface area contributed by atoms with Crippen LogP contribution >= 0.6 is 11.8 Å². The molecule has 4 nitrogen and oxygen atoms in total. The lowest BCUT2D eigenvalue weighted by Gasteiger charge is -2.11. The Labute approximate surface area is 117 Å². The molecule has 5 heteroatoms. The van der Waals surface area contributed by atoms with E-state index in [0.29, 0.717) is 11.7 Å². The second kappa shape index (κ2) is 7.74. The highest BCUT2D eigenvalue weighted by Gasteiger charge is 2.07. The molecule has 0 aliphatic heterocycles. The Kier molecular flexibility index (Phi) is 5.62. The van der Waals surface area contributed by atoms with Crippen molar-refractivity contribution >= 4 is 23.9 Å². The second-order valence-electron chi connectivity index (χ2n) is 4.31. The van der Waals surface area contributed by atoms with E-state index in [0.717, 1.165) is 24.3 Å². The van der Waals surface area contributed by atoms with Gasteiger partial charge in [-0.15, -0.1) is 0 Å². The second-order valence-corrected chi connectivity index (χ2v) is 5.31. The van der Waals surface area contributed by atoms with Gasteiger partial charge in [-0.3, -0.25) is 4.79 Å². The number of carbonyl (C=O) groups excluding carboxylic acids is 1. The molecule has 1 heterocycles. The van der Waals surface area contributed by atoms with Gasteiger partial charge in [-0.2, -0.15) is 5.10 Å². The van der Waals surface area contributed by atoms with Gasteiger partial charge in [-0.05, 0) is 37.3 Å². The lowest BCUT2D eigenvalue weighted by atomic mass is 9.96. The van der Waals surface area contributed by atoms with Gasteiger partial charge in [0.2, 0.25) is 5.91 Å². The van der Waals surface area contributed by atoms with E-state index in [9.17, 15) is 4.79 Å². The molecule has 0 aromatic carbocycles. The molecule has 0 saturated heterocycles. The van der Waals surface area contributed by atoms with Gasteiger partial charge in [-0.1, -0.05) is 30.0 Å². The number of carbonyl (C=O) groups is 1. The highest BCUT2D eigenvalue weighted by Crippen LogP contribution is 2.15. The van der Waals surface area contributed by atoms with Crippen molar-refractivity contribution in [2.75, 3.05) is 5.75 Å². The Morgan fingerprint density at radius 3 is 3.21 bits per heavy atom. The summed E-state index contributed by atoms with van der Waals surface area (Å²) in [6, 6.07) is 5.64. The van der Waals surface area contributed by atoms with Gasteiger partial charge in [-0.25, -0.2) is 10.4 Å². The van der Waals surface area contributed by atoms with E-state index in [4.69, 9.17) is 0 Å². The van der Waals surface area contributed by atoms with Crippen LogP contribution in [0.4, 0.5) is 0 Å². The first kappa shape index (κ1) is 13.8. The first-order chi connectivity index (χ1) is 9.34. The first-order valence-electron chi connectivity index (χ1n) is 6.35. The minimum Gasteiger partial charge on any atom is -0.272 e. The number of allylic oxidation sites excluding steroid dienone is 2. The summed E-state index contributed by atoms with van der Waals surface area (Å²) in [7, 11) is 0. The maximum absolute atomic E-state index is 11.6. The van der Waals surface area contributed by atoms with Gasteiger partial charge in [0.25, 0.3) is 0 Å². The van der Waals surface area contributed by atoms with E-state index in [1.54, 1.807) is 6.20 Å². The molecule has 0 saturated carbocycles. The Bertz CT molecular complexity index is 459. The number of hydrazone groups is 1. The van der Waals surface area contributed by atoms with Crippen LogP contribution in [0, 0.1) is 5.92 Å². The van der Waals surface area contributed by atoms with Crippen LogP contribution in [0.3, 0.4) is 0 Å². The third-order valence-corrected chi connectivity index (χ3v) is 3.72. The van der Waals surface area contributed by atoms with Gasteiger partial charge >= 0.3 is 0 Å². The smallest absolute Gasteiger partial charge is 0.250 e. The van der Waals surface area contributed by atoms with Crippen LogP contribution in [0.2, 0.25) is 0 Å². The van der Waals surface area contributed by atoms with Crippen LogP contribution in [-0.4, -0.2) is 22.9 Å². The number of nitrogens with zero attached hydrogens (tertiary/aromatic N) is 2. The van der Waals surface area contributed by atoms with Crippen molar-refractivity contribution < 1.29 is 4.79 Å². The molecule has 1 aliphatic rings. The zero-order valence-corrected chi connectivity index (χ0v) is 11.5. The summed E-state index contributed by atoms with van der Waals surface area (Å²) in [5, 5.41) is 4.86. The maximum atomic E-state index is 11.6. The van der Waals surface area contributed by atoms with Gasteiger partial charge in [0.15, 0.2) is 0 Å². The van der Waals surface area contributed by atoms with E-state index in [1.165, 1.54) is 11.8 Å². The molecule has 1 atom stereocenters. The summed E-state index contributed by atoms with van der Waals surface area (Å²) in [6.07, 6.45) is 11.1. The molecule has 100 valence electrons. The van der Waals surface area contributed by atoms with Crippen molar-refractivity contribution in [3.8, 4) is 0 Å². The van der Waals surface area contributed by atoms with Crippen LogP contribution in [-0.2, 0) is 4.79 Å². The summed E-state index contributed by atoms with van der Waals surface area (Å²) in [6.45, 7) is 0. The lowest BCUT2D eigenvalue weighted by molar-refractivity contribution is -0.118. The van der Waals surface area contributed by atoms with Crippen molar-refractivity contribution in [2.45, 2.75) is 24.3 Å². The number of pyridine rings is 1. The highest BCUT2D eigenvalue weighted by molar-refractivity contribution is 7.99. The molecule has 0 spiro atoms. The Hall–Kier alpha value is -1.62. The largest absolute Gasteiger partial charge is 0.272 e. The molecule has 0 fully saturated rings. The zero-order valence-electron chi connectivity index (χ0n) is 10.7. The fraction of sp³-hybridized carbons (Fsp3) is 0.357. The third-order valence-electron chi connectivity index (χ3n) is 2.77. The predicted octanol–water partition coefficient (Wildman–Crippen LogP) is 2.63. The van der Waals surface area contributed by atoms with Crippen molar-refractivity contribution in [2.24, 2.45) is 11.0 Å². The minimum absolute atomic E-state index is 0.0988. The van der Waals surface area contributed by atoms with Crippen LogP contribution in [0.5, 0.6) is 0 Å². The Morgan fingerprint density at radius 1 is 1.53 bits per heavy atom. The van der Waals surface area contributed by atoms with Crippen molar-refractivity contribution in [3.05, 3.63) is 36.5 Å². The van der Waals surface area contributed by atoms with Crippen LogP contribution in [0.15, 0.2) is 46.7 Å². The molecular weight excluding hydrogens is 258 g/mol. The van der Waals surface area contributed by atoms with E-state index in [-0.39, 0.29) is 5.91 Å². The molecule has 0 bridgehead atoms. The number of rotatable bonds is 5. The monoisotopic (exact) mass is 275 g/mol. The van der Waals surface area contributed by atoms with Gasteiger partial charge in [0.05, 0.1) is 10.8 Å². The zero-order chi connectivity index (χ0) is 13.3. The fourth-order valence-electron chi connectivity index (χ4n) is 1.77. The highest BCUT2D eigenvalue weighted by atomic mass is 32.2. The summed E-state index contributed by atoms with van der Waals surface area (Å²) in [5.74, 6) is 0.686. The number of nitrogens with one attached hydrogen (secondary N) is 1. The molecule has 2 rings (SSSR count). The minimum atomic E-state index is -0.0988. The quantitative estimate of drug-likeness (QED) is 0.389. The van der Waals surface area contributed by atoms with E-state index in [1.807, 2.05) is 24.4 Å². The number of amides is 1. The van der Waals surface area contributed by atoms with E-state index < -0.39 is 0 Å². The molecule has 1 amide bonds. The van der Waals surface area contributed by atoms with Gasteiger partial charge in [0, 0.05) is 12.4 Å². The van der Waals surface area contributed by atoms with Crippen LogP contribution < -0.4 is 5.43 Å². The topological polar surface area (TPSA) is 54.4 Å². The molecule has 1 aromatic heterocycles. The predicted molar refractivity (Wildman–Crippen MR) is 78.1 cm³/mol. The summed E-state index contributed by atoms with van der Waals surface area (Å²) in [5.41, 5.74) is 2.56. The van der Waals surface area contributed by atoms with Crippen molar-refractivity contribution in [1.29, 1.82) is 0 Å². The molecular formula is C14H17N3OS. The number of thioether (sulfide) groups is 1. The summed E-state index contributed by atoms with van der Waals surface area (Å²) < 4.78 is 0. The van der Waals surface area contributed by atoms with Crippen LogP contribution in [0.1, 0.15) is 19.3 Å². The molecule has 0 unspecified atom stereocenters. The summed E-state index contributed by atoms with van der Waals surface area (Å²) in [4.78, 5) is 15.7. The molecule has 1 aliphatic carbocycles. The molecule has 19 heavy (non-hydrogen) atoms. The Morgan fingerprint density at radius 2 is 2.47 bits per heavy atom. The average Bonchev–Trinajstić information content (AvgIpc) is 2.47. The first-order valence-corrected chi connectivity index (χ1v) is 7.34. The SMILES string of the molecule is O=C(CSc1ccccn1)N/N=C\[C@H]1CC=CCC1. The van der Waals surface area contributed by atoms with E-state index in [2.05, 4.69) is 27.7 Å². The molecule has 1 aromatic rings. The van der Waals surface area contributed by atoms with Crippen molar-refractivity contribution in [1.82, 2.24) is 10.4 Å². The average molecular weight is 275 g/mol. The lowest BCUT2D eigenvalue weighted by Crippen LogP contribution is -2.20. The van der Waals surface area contributed by atoms with Crippen LogP contribution in [0.25, 0.3) is 0 Å². The number of aromatic nitrogens is 1. The number of hydrogen-bond acceptors (Lipinski definition) is 4. The maximum Gasteiger partial charge on any atom is 0.250 e. The van der Waals surface area contributed by atoms with Gasteiger partial charge in [0.1, 0.15) is 0 Å². The van der Waals surface area contributed by atoms with Crippen molar-refractivity contribution in [3.63, 3.8) is 0 Å². The standard InChI is InChI=1S/C14H17N3OS/c18-13(11-19-14-8-4-5-9-15-14)17-16-10-12-6-2-1-3-7-12/h1-2,4-5,8-10,12H,3,6-7,11H2,(H,17,18)/b16-10-/t12-/m0/s1. The molecule has 1 N–H and O–H groups in total. The fourth-order valence-corrected chi connectivity index (χ4v) is 2.43. The summed E-state index contributed by atoms with van der Waals surface area (Å²) >= 11 is 1.41. The van der Waals surface area contributed by atoms with E-state index >= 15 is 0 Å². The Balaban J connectivity index is 1.67. The van der Waals surface area contributed by atoms with Gasteiger partial charge < -0.3 is 0 Å². The molecule has 0 radical (unpaired) electrons. The third kappa shape index (κ3) is 5.26. The number of hydrogen-bond donors (Lipinski definition) is 1. The normalized spacial score (nSPS) is 18.6.